The molecule has 2 aromatic rings. The highest BCUT2D eigenvalue weighted by Crippen LogP contribution is 2.27. The van der Waals surface area contributed by atoms with E-state index in [1.807, 2.05) is 18.3 Å². The molecule has 1 fully saturated rings. The molecule has 1 saturated heterocycles. The quantitative estimate of drug-likeness (QED) is 0.838. The second-order valence-electron chi connectivity index (χ2n) is 8.07. The number of aromatic amines is 1. The third-order valence-electron chi connectivity index (χ3n) is 4.41. The molecule has 0 saturated carbocycles. The van der Waals surface area contributed by atoms with E-state index in [4.69, 9.17) is 4.74 Å². The molecule has 0 amide bonds. The minimum Gasteiger partial charge on any atom is -0.394 e. The van der Waals surface area contributed by atoms with Gasteiger partial charge in [0, 0.05) is 19.8 Å². The summed E-state index contributed by atoms with van der Waals surface area (Å²) < 4.78 is 8.06. The maximum Gasteiger partial charge on any atom is 0.227 e. The van der Waals surface area contributed by atoms with Gasteiger partial charge in [0.05, 0.1) is 31.1 Å². The number of aliphatic hydroxyl groups is 1. The molecule has 0 aliphatic carbocycles. The van der Waals surface area contributed by atoms with Crippen molar-refractivity contribution < 1.29 is 9.84 Å². The average molecular weight is 347 g/mol. The number of nitrogens with zero attached hydrogens (tertiary/aromatic N) is 4. The monoisotopic (exact) mass is 347 g/mol. The van der Waals surface area contributed by atoms with Gasteiger partial charge in [0.1, 0.15) is 0 Å². The Morgan fingerprint density at radius 1 is 1.32 bits per heavy atom. The maximum atomic E-state index is 9.32. The van der Waals surface area contributed by atoms with E-state index in [0.29, 0.717) is 6.54 Å². The Bertz CT molecular complexity index is 674. The molecule has 2 aromatic heterocycles. The fraction of sp³-hybridized carbons (Fsp3) is 0.667. The van der Waals surface area contributed by atoms with E-state index in [9.17, 15) is 5.11 Å². The van der Waals surface area contributed by atoms with Crippen LogP contribution in [0.25, 0.3) is 11.5 Å². The molecule has 7 nitrogen and oxygen atoms in total. The van der Waals surface area contributed by atoms with Crippen LogP contribution in [0.2, 0.25) is 0 Å². The van der Waals surface area contributed by atoms with Crippen molar-refractivity contribution in [3.8, 4) is 11.5 Å². The van der Waals surface area contributed by atoms with Crippen molar-refractivity contribution in [3.05, 3.63) is 18.3 Å². The maximum absolute atomic E-state index is 9.32. The lowest BCUT2D eigenvalue weighted by atomic mass is 9.96. The van der Waals surface area contributed by atoms with E-state index in [2.05, 4.69) is 52.5 Å². The lowest BCUT2D eigenvalue weighted by Crippen LogP contribution is -2.32. The van der Waals surface area contributed by atoms with Crippen molar-refractivity contribution in [2.45, 2.75) is 52.4 Å². The molecular weight excluding hydrogens is 318 g/mol. The molecule has 3 heterocycles. The van der Waals surface area contributed by atoms with Gasteiger partial charge in [-0.3, -0.25) is 4.57 Å². The number of hydrogen-bond acceptors (Lipinski definition) is 5. The van der Waals surface area contributed by atoms with Gasteiger partial charge in [-0.1, -0.05) is 20.8 Å². The Hall–Kier alpha value is -1.86. The molecule has 0 aromatic carbocycles. The molecule has 2 atom stereocenters. The van der Waals surface area contributed by atoms with Gasteiger partial charge >= 0.3 is 0 Å². The van der Waals surface area contributed by atoms with E-state index in [0.717, 1.165) is 36.9 Å². The van der Waals surface area contributed by atoms with Crippen molar-refractivity contribution in [2.24, 2.45) is 5.41 Å². The zero-order valence-electron chi connectivity index (χ0n) is 15.6. The number of hydrogen-bond donors (Lipinski definition) is 2. The van der Waals surface area contributed by atoms with E-state index < -0.39 is 0 Å². The number of nitrogens with one attached hydrogen (secondary N) is 1. The zero-order valence-corrected chi connectivity index (χ0v) is 15.6. The van der Waals surface area contributed by atoms with Crippen LogP contribution in [0.5, 0.6) is 0 Å². The number of ether oxygens (including phenoxy) is 1. The summed E-state index contributed by atoms with van der Waals surface area (Å²) in [5.74, 6) is 1.66. The molecule has 2 N–H and O–H groups in total. The van der Waals surface area contributed by atoms with Gasteiger partial charge in [0.25, 0.3) is 0 Å². The Kier molecular flexibility index (Phi) is 5.15. The standard InChI is InChI=1S/C18H29N5O2/c1-18(2,3)12-22(4)17-21-20-16(15-6-5-9-19-15)23(17)10-13-7-8-14(11-24)25-13/h5-6,9,13-14,19,24H,7-8,10-12H2,1-4H3/t13-,14+/m0/s1. The normalized spacial score (nSPS) is 21.0. The number of rotatable bonds is 6. The zero-order chi connectivity index (χ0) is 18.0. The van der Waals surface area contributed by atoms with E-state index in [1.54, 1.807) is 0 Å². The van der Waals surface area contributed by atoms with Crippen molar-refractivity contribution in [2.75, 3.05) is 25.1 Å². The third-order valence-corrected chi connectivity index (χ3v) is 4.41. The molecular formula is C18H29N5O2. The Balaban J connectivity index is 1.88. The second kappa shape index (κ2) is 7.17. The molecule has 0 bridgehead atoms. The molecule has 25 heavy (non-hydrogen) atoms. The first-order valence-electron chi connectivity index (χ1n) is 8.92. The summed E-state index contributed by atoms with van der Waals surface area (Å²) in [6, 6.07) is 3.96. The predicted octanol–water partition coefficient (Wildman–Crippen LogP) is 2.30. The minimum atomic E-state index is -0.0498. The molecule has 0 unspecified atom stereocenters. The summed E-state index contributed by atoms with van der Waals surface area (Å²) in [4.78, 5) is 5.37. The van der Waals surface area contributed by atoms with Gasteiger partial charge in [0.2, 0.25) is 5.95 Å². The highest BCUT2D eigenvalue weighted by Gasteiger charge is 2.28. The van der Waals surface area contributed by atoms with Crippen molar-refractivity contribution in [1.29, 1.82) is 0 Å². The van der Waals surface area contributed by atoms with E-state index in [-0.39, 0.29) is 24.2 Å². The van der Waals surface area contributed by atoms with Gasteiger partial charge in [-0.2, -0.15) is 0 Å². The third kappa shape index (κ3) is 4.22. The molecule has 7 heteroatoms. The lowest BCUT2D eigenvalue weighted by Gasteiger charge is -2.28. The predicted molar refractivity (Wildman–Crippen MR) is 97.5 cm³/mol. The smallest absolute Gasteiger partial charge is 0.227 e. The van der Waals surface area contributed by atoms with Gasteiger partial charge in [0.15, 0.2) is 5.82 Å². The van der Waals surface area contributed by atoms with Crippen LogP contribution in [0.3, 0.4) is 0 Å². The number of aromatic nitrogens is 4. The Labute approximate surface area is 149 Å². The van der Waals surface area contributed by atoms with Crippen LogP contribution in [0.15, 0.2) is 18.3 Å². The van der Waals surface area contributed by atoms with Gasteiger partial charge < -0.3 is 19.7 Å². The summed E-state index contributed by atoms with van der Waals surface area (Å²) >= 11 is 0. The molecule has 3 rings (SSSR count). The second-order valence-corrected chi connectivity index (χ2v) is 8.07. The van der Waals surface area contributed by atoms with Crippen LogP contribution in [0.1, 0.15) is 33.6 Å². The molecule has 1 aliphatic rings. The van der Waals surface area contributed by atoms with E-state index >= 15 is 0 Å². The Morgan fingerprint density at radius 3 is 2.68 bits per heavy atom. The first kappa shape index (κ1) is 17.9. The summed E-state index contributed by atoms with van der Waals surface area (Å²) in [6.07, 6.45) is 3.75. The molecule has 1 aliphatic heterocycles. The Morgan fingerprint density at radius 2 is 2.08 bits per heavy atom. The number of H-pyrrole nitrogens is 1. The minimum absolute atomic E-state index is 0.0498. The first-order valence-corrected chi connectivity index (χ1v) is 8.92. The van der Waals surface area contributed by atoms with E-state index in [1.165, 1.54) is 0 Å². The lowest BCUT2D eigenvalue weighted by molar-refractivity contribution is 0.00526. The molecule has 0 radical (unpaired) electrons. The first-order chi connectivity index (χ1) is 11.9. The molecule has 0 spiro atoms. The van der Waals surface area contributed by atoms with Gasteiger partial charge in [-0.05, 0) is 30.4 Å². The number of anilines is 1. The largest absolute Gasteiger partial charge is 0.394 e. The molecule has 138 valence electrons. The van der Waals surface area contributed by atoms with Crippen LogP contribution in [-0.4, -0.2) is 57.3 Å². The SMILES string of the molecule is CN(CC(C)(C)C)c1nnc(-c2ccc[nH]2)n1C[C@@H]1CC[C@H](CO)O1. The van der Waals surface area contributed by atoms with Gasteiger partial charge in [-0.15, -0.1) is 10.2 Å². The topological polar surface area (TPSA) is 79.2 Å². The highest BCUT2D eigenvalue weighted by molar-refractivity contribution is 5.53. The van der Waals surface area contributed by atoms with Crippen molar-refractivity contribution in [3.63, 3.8) is 0 Å². The van der Waals surface area contributed by atoms with Crippen molar-refractivity contribution in [1.82, 2.24) is 19.7 Å². The fourth-order valence-electron chi connectivity index (χ4n) is 3.45. The fourth-order valence-corrected chi connectivity index (χ4v) is 3.45. The van der Waals surface area contributed by atoms with Crippen LogP contribution in [0, 0.1) is 5.41 Å². The van der Waals surface area contributed by atoms with Crippen molar-refractivity contribution >= 4 is 5.95 Å². The highest BCUT2D eigenvalue weighted by atomic mass is 16.5. The van der Waals surface area contributed by atoms with Crippen LogP contribution in [0.4, 0.5) is 5.95 Å². The number of aliphatic hydroxyl groups excluding tert-OH is 1. The summed E-state index contributed by atoms with van der Waals surface area (Å²) in [7, 11) is 2.05. The van der Waals surface area contributed by atoms with Gasteiger partial charge in [-0.25, -0.2) is 0 Å². The van der Waals surface area contributed by atoms with Crippen LogP contribution >= 0.6 is 0 Å². The average Bonchev–Trinajstić information content (AvgIpc) is 3.25. The summed E-state index contributed by atoms with van der Waals surface area (Å²) in [5.41, 5.74) is 1.10. The van der Waals surface area contributed by atoms with Crippen LogP contribution in [-0.2, 0) is 11.3 Å². The summed E-state index contributed by atoms with van der Waals surface area (Å²) in [6.45, 7) is 8.27. The summed E-state index contributed by atoms with van der Waals surface area (Å²) in [5, 5.41) is 18.2. The van der Waals surface area contributed by atoms with Crippen LogP contribution < -0.4 is 4.90 Å².